The average Bonchev–Trinajstić information content (AvgIpc) is 2.83. The van der Waals surface area contributed by atoms with Gasteiger partial charge in [0.2, 0.25) is 0 Å². The quantitative estimate of drug-likeness (QED) is 0.891. The van der Waals surface area contributed by atoms with Crippen LogP contribution in [-0.4, -0.2) is 27.0 Å². The maximum Gasteiger partial charge on any atom is 0.253 e. The Morgan fingerprint density at radius 3 is 3.00 bits per heavy atom. The van der Waals surface area contributed by atoms with E-state index in [1.54, 1.807) is 18.0 Å². The van der Waals surface area contributed by atoms with E-state index < -0.39 is 0 Å². The highest BCUT2D eigenvalue weighted by Crippen LogP contribution is 2.23. The minimum Gasteiger partial charge on any atom is -0.507 e. The number of aromatic amines is 1. The molecule has 2 aromatic rings. The second kappa shape index (κ2) is 4.88. The second-order valence-electron chi connectivity index (χ2n) is 4.75. The molecule has 0 amide bonds. The number of fused-ring (bicyclic) bond motifs is 1. The molecule has 0 aliphatic heterocycles. The predicted molar refractivity (Wildman–Crippen MR) is 74.4 cm³/mol. The molecular weight excluding hydrogens is 258 g/mol. The standard InChI is InChI=1S/C14H15N3O3/c1-20-10-4-2-9(3-5-10)8-17-14-11(7-15-17)12(18)6-13(19)16-14/h2,4,6-7H,3,5,8H2,1H3,(H2,16,18,19). The average molecular weight is 273 g/mol. The van der Waals surface area contributed by atoms with Gasteiger partial charge in [-0.1, -0.05) is 6.08 Å². The summed E-state index contributed by atoms with van der Waals surface area (Å²) in [6.07, 6.45) is 7.27. The van der Waals surface area contributed by atoms with Gasteiger partial charge in [0.05, 0.1) is 31.0 Å². The molecule has 0 aromatic carbocycles. The van der Waals surface area contributed by atoms with Crippen LogP contribution in [0.2, 0.25) is 0 Å². The molecule has 2 heterocycles. The molecule has 6 nitrogen and oxygen atoms in total. The highest BCUT2D eigenvalue weighted by Gasteiger charge is 2.12. The maximum atomic E-state index is 11.4. The number of hydrogen-bond donors (Lipinski definition) is 2. The smallest absolute Gasteiger partial charge is 0.253 e. The van der Waals surface area contributed by atoms with Crippen LogP contribution in [0, 0.1) is 0 Å². The van der Waals surface area contributed by atoms with E-state index in [4.69, 9.17) is 4.74 Å². The number of ether oxygens (including phenoxy) is 1. The van der Waals surface area contributed by atoms with Crippen molar-refractivity contribution in [2.75, 3.05) is 7.11 Å². The Bertz CT molecular complexity index is 768. The zero-order valence-electron chi connectivity index (χ0n) is 11.1. The van der Waals surface area contributed by atoms with E-state index in [-0.39, 0.29) is 11.3 Å². The number of aromatic hydroxyl groups is 1. The van der Waals surface area contributed by atoms with Crippen molar-refractivity contribution in [1.29, 1.82) is 0 Å². The molecule has 0 fully saturated rings. The summed E-state index contributed by atoms with van der Waals surface area (Å²) in [5, 5.41) is 14.5. The molecule has 20 heavy (non-hydrogen) atoms. The van der Waals surface area contributed by atoms with E-state index in [1.807, 2.05) is 12.2 Å². The summed E-state index contributed by atoms with van der Waals surface area (Å²) in [5.41, 5.74) is 1.40. The topological polar surface area (TPSA) is 80.1 Å². The molecule has 0 bridgehead atoms. The van der Waals surface area contributed by atoms with Crippen molar-refractivity contribution in [3.05, 3.63) is 46.1 Å². The van der Waals surface area contributed by atoms with Crippen molar-refractivity contribution >= 4 is 11.0 Å². The summed E-state index contributed by atoms with van der Waals surface area (Å²) in [6, 6.07) is 1.15. The van der Waals surface area contributed by atoms with Gasteiger partial charge in [-0.2, -0.15) is 5.10 Å². The lowest BCUT2D eigenvalue weighted by atomic mass is 10.0. The first-order chi connectivity index (χ1) is 9.67. The highest BCUT2D eigenvalue weighted by molar-refractivity contribution is 5.81. The van der Waals surface area contributed by atoms with Gasteiger partial charge in [0.15, 0.2) is 0 Å². The van der Waals surface area contributed by atoms with Crippen molar-refractivity contribution < 1.29 is 9.84 Å². The Morgan fingerprint density at radius 1 is 1.45 bits per heavy atom. The van der Waals surface area contributed by atoms with Crippen molar-refractivity contribution in [1.82, 2.24) is 14.8 Å². The number of pyridine rings is 1. The summed E-state index contributed by atoms with van der Waals surface area (Å²) >= 11 is 0. The van der Waals surface area contributed by atoms with Gasteiger partial charge < -0.3 is 14.8 Å². The molecule has 2 N–H and O–H groups in total. The van der Waals surface area contributed by atoms with Crippen LogP contribution in [0.1, 0.15) is 12.8 Å². The number of hydrogen-bond acceptors (Lipinski definition) is 4. The molecule has 0 saturated heterocycles. The zero-order chi connectivity index (χ0) is 14.1. The largest absolute Gasteiger partial charge is 0.507 e. The van der Waals surface area contributed by atoms with Crippen molar-refractivity contribution in [3.63, 3.8) is 0 Å². The molecule has 0 spiro atoms. The number of methoxy groups -OCH3 is 1. The van der Waals surface area contributed by atoms with E-state index in [0.29, 0.717) is 17.6 Å². The van der Waals surface area contributed by atoms with Crippen molar-refractivity contribution in [2.45, 2.75) is 19.4 Å². The first kappa shape index (κ1) is 12.5. The van der Waals surface area contributed by atoms with Crippen LogP contribution in [0.3, 0.4) is 0 Å². The summed E-state index contributed by atoms with van der Waals surface area (Å²) in [4.78, 5) is 14.1. The third-order valence-electron chi connectivity index (χ3n) is 3.44. The van der Waals surface area contributed by atoms with Gasteiger partial charge in [0.25, 0.3) is 5.56 Å². The highest BCUT2D eigenvalue weighted by atomic mass is 16.5. The third-order valence-corrected chi connectivity index (χ3v) is 3.44. The normalized spacial score (nSPS) is 15.1. The Hall–Kier alpha value is -2.50. The van der Waals surface area contributed by atoms with E-state index in [0.717, 1.165) is 24.7 Å². The van der Waals surface area contributed by atoms with Crippen LogP contribution >= 0.6 is 0 Å². The van der Waals surface area contributed by atoms with E-state index in [2.05, 4.69) is 10.1 Å². The lowest BCUT2D eigenvalue weighted by molar-refractivity contribution is 0.275. The zero-order valence-corrected chi connectivity index (χ0v) is 11.1. The van der Waals surface area contributed by atoms with Gasteiger partial charge in [0, 0.05) is 12.5 Å². The molecule has 1 aliphatic rings. The lowest BCUT2D eigenvalue weighted by Gasteiger charge is -2.14. The molecule has 104 valence electrons. The number of aromatic nitrogens is 3. The third kappa shape index (κ3) is 2.20. The predicted octanol–water partition coefficient (Wildman–Crippen LogP) is 1.68. The van der Waals surface area contributed by atoms with Gasteiger partial charge in [-0.15, -0.1) is 0 Å². The second-order valence-corrected chi connectivity index (χ2v) is 4.75. The molecule has 0 unspecified atom stereocenters. The fourth-order valence-electron chi connectivity index (χ4n) is 2.33. The van der Waals surface area contributed by atoms with Crippen LogP contribution in [-0.2, 0) is 11.3 Å². The van der Waals surface area contributed by atoms with E-state index in [1.165, 1.54) is 5.57 Å². The SMILES string of the molecule is COC1=CC=C(Cn2ncc3c(O)cc(=O)[nH]c32)CC1. The van der Waals surface area contributed by atoms with E-state index >= 15 is 0 Å². The maximum absolute atomic E-state index is 11.4. The Morgan fingerprint density at radius 2 is 2.30 bits per heavy atom. The minimum atomic E-state index is -0.337. The molecule has 0 atom stereocenters. The summed E-state index contributed by atoms with van der Waals surface area (Å²) in [7, 11) is 1.67. The number of allylic oxidation sites excluding steroid dienone is 4. The van der Waals surface area contributed by atoms with E-state index in [9.17, 15) is 9.90 Å². The molecule has 3 rings (SSSR count). The number of rotatable bonds is 3. The van der Waals surface area contributed by atoms with Gasteiger partial charge in [0.1, 0.15) is 11.4 Å². The summed E-state index contributed by atoms with van der Waals surface area (Å²) < 4.78 is 6.88. The molecule has 0 radical (unpaired) electrons. The fourth-order valence-corrected chi connectivity index (χ4v) is 2.33. The van der Waals surface area contributed by atoms with Crippen LogP contribution < -0.4 is 5.56 Å². The minimum absolute atomic E-state index is 0.0470. The van der Waals surface area contributed by atoms with Crippen LogP contribution in [0.25, 0.3) is 11.0 Å². The van der Waals surface area contributed by atoms with Crippen LogP contribution in [0.4, 0.5) is 0 Å². The van der Waals surface area contributed by atoms with Gasteiger partial charge in [-0.25, -0.2) is 4.68 Å². The number of nitrogens with zero attached hydrogens (tertiary/aromatic N) is 2. The molecular formula is C14H15N3O3. The lowest BCUT2D eigenvalue weighted by Crippen LogP contribution is -2.10. The van der Waals surface area contributed by atoms with Crippen LogP contribution in [0.5, 0.6) is 5.75 Å². The Labute approximate surface area is 115 Å². The first-order valence-electron chi connectivity index (χ1n) is 6.38. The molecule has 1 aliphatic carbocycles. The monoisotopic (exact) mass is 273 g/mol. The fraction of sp³-hybridized carbons (Fsp3) is 0.286. The van der Waals surface area contributed by atoms with Gasteiger partial charge in [-0.3, -0.25) is 4.79 Å². The van der Waals surface area contributed by atoms with Crippen LogP contribution in [0.15, 0.2) is 40.5 Å². The summed E-state index contributed by atoms with van der Waals surface area (Å²) in [5.74, 6) is 0.916. The molecule has 0 saturated carbocycles. The van der Waals surface area contributed by atoms with Crippen molar-refractivity contribution in [3.8, 4) is 5.75 Å². The molecule has 6 heteroatoms. The number of nitrogens with one attached hydrogen (secondary N) is 1. The van der Waals surface area contributed by atoms with Gasteiger partial charge in [-0.05, 0) is 18.1 Å². The summed E-state index contributed by atoms with van der Waals surface area (Å²) in [6.45, 7) is 0.580. The Kier molecular flexibility index (Phi) is 3.06. The molecule has 2 aromatic heterocycles. The Balaban J connectivity index is 1.94. The van der Waals surface area contributed by atoms with Crippen molar-refractivity contribution in [2.24, 2.45) is 0 Å². The number of H-pyrrole nitrogens is 1. The first-order valence-corrected chi connectivity index (χ1v) is 6.38. The van der Waals surface area contributed by atoms with Gasteiger partial charge >= 0.3 is 0 Å².